The summed E-state index contributed by atoms with van der Waals surface area (Å²) in [5.41, 5.74) is 2.88. The van der Waals surface area contributed by atoms with E-state index >= 15 is 0 Å². The third kappa shape index (κ3) is 6.22. The Hall–Kier alpha value is -3.33. The molecular weight excluding hydrogens is 458 g/mol. The van der Waals surface area contributed by atoms with Crippen LogP contribution in [0.25, 0.3) is 0 Å². The maximum atomic E-state index is 12.8. The monoisotopic (exact) mass is 491 g/mol. The van der Waals surface area contributed by atoms with Crippen LogP contribution in [0.3, 0.4) is 0 Å². The molecular formula is C26H33N7OS. The number of rotatable bonds is 9. The average Bonchev–Trinajstić information content (AvgIpc) is 2.90. The molecule has 0 aliphatic carbocycles. The number of benzene rings is 1. The molecule has 2 aromatic heterocycles. The second kappa shape index (κ2) is 11.9. The zero-order chi connectivity index (χ0) is 24.6. The van der Waals surface area contributed by atoms with Gasteiger partial charge in [-0.15, -0.1) is 0 Å². The summed E-state index contributed by atoms with van der Waals surface area (Å²) in [6.07, 6.45) is 3.31. The van der Waals surface area contributed by atoms with Crippen LogP contribution in [0, 0.1) is 0 Å². The predicted molar refractivity (Wildman–Crippen MR) is 144 cm³/mol. The molecule has 184 valence electrons. The minimum atomic E-state index is 0.0486. The van der Waals surface area contributed by atoms with Gasteiger partial charge in [0.05, 0.1) is 0 Å². The molecule has 3 aromatic rings. The number of amides is 1. The predicted octanol–water partition coefficient (Wildman–Crippen LogP) is 4.54. The zero-order valence-electron chi connectivity index (χ0n) is 20.6. The van der Waals surface area contributed by atoms with Crippen LogP contribution >= 0.6 is 11.8 Å². The van der Waals surface area contributed by atoms with Gasteiger partial charge < -0.3 is 20.0 Å². The van der Waals surface area contributed by atoms with Crippen LogP contribution in [0.4, 0.5) is 23.0 Å². The first-order chi connectivity index (χ1) is 17.1. The molecule has 1 aromatic carbocycles. The lowest BCUT2D eigenvalue weighted by Crippen LogP contribution is -2.49. The normalized spacial score (nSPS) is 13.6. The molecule has 0 radical (unpaired) electrons. The van der Waals surface area contributed by atoms with Crippen molar-refractivity contribution in [1.82, 2.24) is 19.9 Å². The third-order valence-electron chi connectivity index (χ3n) is 6.05. The van der Waals surface area contributed by atoms with Gasteiger partial charge in [-0.3, -0.25) is 9.78 Å². The summed E-state index contributed by atoms with van der Waals surface area (Å²) >= 11 is 1.63. The molecule has 1 aliphatic rings. The Kier molecular flexibility index (Phi) is 8.41. The minimum Gasteiger partial charge on any atom is -0.372 e. The van der Waals surface area contributed by atoms with Crippen LogP contribution in [0.2, 0.25) is 0 Å². The van der Waals surface area contributed by atoms with Gasteiger partial charge in [-0.1, -0.05) is 18.7 Å². The van der Waals surface area contributed by atoms with Gasteiger partial charge in [0.15, 0.2) is 5.16 Å². The first-order valence-corrected chi connectivity index (χ1v) is 13.2. The fraction of sp³-hybridized carbons (Fsp3) is 0.385. The molecule has 0 unspecified atom stereocenters. The van der Waals surface area contributed by atoms with Gasteiger partial charge >= 0.3 is 0 Å². The number of piperazine rings is 1. The second-order valence-electron chi connectivity index (χ2n) is 8.19. The lowest BCUT2D eigenvalue weighted by atomic mass is 10.2. The Morgan fingerprint density at radius 2 is 1.66 bits per heavy atom. The topological polar surface area (TPSA) is 77.5 Å². The molecule has 4 rings (SSSR count). The number of aromatic nitrogens is 3. The Balaban J connectivity index is 1.46. The highest BCUT2D eigenvalue weighted by molar-refractivity contribution is 7.99. The first-order valence-electron chi connectivity index (χ1n) is 12.2. The number of thioether (sulfide) groups is 1. The maximum Gasteiger partial charge on any atom is 0.254 e. The first kappa shape index (κ1) is 24.8. The fourth-order valence-electron chi connectivity index (χ4n) is 4.14. The van der Waals surface area contributed by atoms with Gasteiger partial charge in [-0.2, -0.15) is 0 Å². The number of hydrogen-bond donors (Lipinski definition) is 1. The number of anilines is 4. The molecule has 1 aliphatic heterocycles. The number of nitrogens with zero attached hydrogens (tertiary/aromatic N) is 6. The van der Waals surface area contributed by atoms with E-state index in [0.29, 0.717) is 18.7 Å². The smallest absolute Gasteiger partial charge is 0.254 e. The van der Waals surface area contributed by atoms with E-state index in [2.05, 4.69) is 65.1 Å². The highest BCUT2D eigenvalue weighted by Gasteiger charge is 2.23. The summed E-state index contributed by atoms with van der Waals surface area (Å²) in [6.45, 7) is 11.1. The Morgan fingerprint density at radius 3 is 2.29 bits per heavy atom. The molecule has 9 heteroatoms. The largest absolute Gasteiger partial charge is 0.372 e. The highest BCUT2D eigenvalue weighted by Crippen LogP contribution is 2.26. The molecule has 35 heavy (non-hydrogen) atoms. The zero-order valence-corrected chi connectivity index (χ0v) is 21.5. The van der Waals surface area contributed by atoms with Crippen molar-refractivity contribution in [2.24, 2.45) is 0 Å². The molecule has 0 atom stereocenters. The van der Waals surface area contributed by atoms with Crippen molar-refractivity contribution >= 4 is 40.7 Å². The van der Waals surface area contributed by atoms with E-state index in [9.17, 15) is 4.79 Å². The van der Waals surface area contributed by atoms with E-state index in [4.69, 9.17) is 9.97 Å². The van der Waals surface area contributed by atoms with Gasteiger partial charge in [-0.05, 0) is 56.0 Å². The number of nitrogens with one attached hydrogen (secondary N) is 1. The summed E-state index contributed by atoms with van der Waals surface area (Å²) in [5, 5.41) is 4.21. The molecule has 0 saturated carbocycles. The molecule has 0 spiro atoms. The molecule has 8 nitrogen and oxygen atoms in total. The van der Waals surface area contributed by atoms with E-state index in [1.54, 1.807) is 36.3 Å². The van der Waals surface area contributed by atoms with E-state index in [1.165, 1.54) is 5.69 Å². The molecule has 1 saturated heterocycles. The number of carbonyl (C=O) groups is 1. The van der Waals surface area contributed by atoms with Crippen LogP contribution in [-0.2, 0) is 0 Å². The quantitative estimate of drug-likeness (QED) is 0.345. The second-order valence-corrected chi connectivity index (χ2v) is 9.42. The third-order valence-corrected chi connectivity index (χ3v) is 6.78. The number of pyridine rings is 1. The maximum absolute atomic E-state index is 12.8. The Morgan fingerprint density at radius 1 is 0.971 bits per heavy atom. The molecule has 3 heterocycles. The highest BCUT2D eigenvalue weighted by atomic mass is 32.2. The fourth-order valence-corrected chi connectivity index (χ4v) is 4.72. The molecule has 0 bridgehead atoms. The van der Waals surface area contributed by atoms with E-state index in [-0.39, 0.29) is 5.91 Å². The summed E-state index contributed by atoms with van der Waals surface area (Å²) in [4.78, 5) is 32.7. The van der Waals surface area contributed by atoms with Crippen molar-refractivity contribution in [3.63, 3.8) is 0 Å². The Bertz CT molecular complexity index is 1100. The van der Waals surface area contributed by atoms with Crippen molar-refractivity contribution in [1.29, 1.82) is 0 Å². The van der Waals surface area contributed by atoms with Crippen LogP contribution in [0.5, 0.6) is 0 Å². The number of carbonyl (C=O) groups excluding carboxylic acids is 1. The van der Waals surface area contributed by atoms with Gasteiger partial charge in [0.2, 0.25) is 0 Å². The van der Waals surface area contributed by atoms with Gasteiger partial charge in [-0.25, -0.2) is 9.97 Å². The van der Waals surface area contributed by atoms with E-state index in [1.807, 2.05) is 11.0 Å². The van der Waals surface area contributed by atoms with Crippen molar-refractivity contribution in [3.8, 4) is 0 Å². The van der Waals surface area contributed by atoms with E-state index in [0.717, 1.165) is 54.4 Å². The summed E-state index contributed by atoms with van der Waals surface area (Å²) in [7, 11) is 0. The van der Waals surface area contributed by atoms with Crippen molar-refractivity contribution in [2.45, 2.75) is 25.9 Å². The molecule has 1 fully saturated rings. The molecule has 1 N–H and O–H groups in total. The SMILES string of the molecule is CCSc1nc(Nc2ccc(N(CC)CC)cc2)cc(N2CCN(C(=O)c3ccncc3)CC2)n1. The van der Waals surface area contributed by atoms with Crippen molar-refractivity contribution in [3.05, 3.63) is 60.4 Å². The van der Waals surface area contributed by atoms with Crippen LogP contribution in [0.1, 0.15) is 31.1 Å². The lowest BCUT2D eigenvalue weighted by Gasteiger charge is -2.35. The van der Waals surface area contributed by atoms with Crippen LogP contribution < -0.4 is 15.1 Å². The van der Waals surface area contributed by atoms with Gasteiger partial charge in [0.1, 0.15) is 11.6 Å². The van der Waals surface area contributed by atoms with Crippen molar-refractivity contribution in [2.75, 3.05) is 60.1 Å². The number of hydrogen-bond acceptors (Lipinski definition) is 8. The standard InChI is InChI=1S/C26H33N7OS/c1-4-31(5-2)22-9-7-21(8-10-22)28-23-19-24(30-26(29-23)35-6-3)32-15-17-33(18-16-32)25(34)20-11-13-27-14-12-20/h7-14,19H,4-6,15-18H2,1-3H3,(H,28,29,30). The van der Waals surface area contributed by atoms with Crippen LogP contribution in [0.15, 0.2) is 60.0 Å². The molecule has 1 amide bonds. The lowest BCUT2D eigenvalue weighted by molar-refractivity contribution is 0.0746. The summed E-state index contributed by atoms with van der Waals surface area (Å²) in [6, 6.07) is 14.0. The summed E-state index contributed by atoms with van der Waals surface area (Å²) in [5.74, 6) is 2.61. The minimum absolute atomic E-state index is 0.0486. The Labute approximate surface area is 211 Å². The van der Waals surface area contributed by atoms with Gasteiger partial charge in [0, 0.05) is 74.7 Å². The van der Waals surface area contributed by atoms with Crippen LogP contribution in [-0.4, -0.2) is 70.8 Å². The van der Waals surface area contributed by atoms with Crippen molar-refractivity contribution < 1.29 is 4.79 Å². The van der Waals surface area contributed by atoms with E-state index < -0.39 is 0 Å². The van der Waals surface area contributed by atoms with Gasteiger partial charge in [0.25, 0.3) is 5.91 Å². The average molecular weight is 492 g/mol. The summed E-state index contributed by atoms with van der Waals surface area (Å²) < 4.78 is 0.